The normalized spacial score (nSPS) is 21.1. The van der Waals surface area contributed by atoms with Gasteiger partial charge in [-0.25, -0.2) is 8.42 Å². The van der Waals surface area contributed by atoms with E-state index in [0.717, 1.165) is 19.3 Å². The Morgan fingerprint density at radius 2 is 2.32 bits per heavy atom. The van der Waals surface area contributed by atoms with E-state index >= 15 is 0 Å². The Morgan fingerprint density at radius 3 is 3.00 bits per heavy atom. The van der Waals surface area contributed by atoms with E-state index in [1.165, 1.54) is 6.20 Å². The Bertz CT molecular complexity index is 512. The van der Waals surface area contributed by atoms with Crippen LogP contribution in [0, 0.1) is 5.92 Å². The van der Waals surface area contributed by atoms with Crippen LogP contribution in [0.1, 0.15) is 26.2 Å². The van der Waals surface area contributed by atoms with Crippen LogP contribution in [0.25, 0.3) is 0 Å². The lowest BCUT2D eigenvalue weighted by atomic mass is 10.0. The minimum Gasteiger partial charge on any atom is -0.329 e. The van der Waals surface area contributed by atoms with Crippen LogP contribution in [0.15, 0.2) is 17.3 Å². The lowest BCUT2D eigenvalue weighted by Crippen LogP contribution is -2.28. The van der Waals surface area contributed by atoms with Crippen LogP contribution in [0.3, 0.4) is 0 Å². The number of rotatable bonds is 6. The average Bonchev–Trinajstić information content (AvgIpc) is 2.99. The van der Waals surface area contributed by atoms with E-state index in [1.54, 1.807) is 15.2 Å². The van der Waals surface area contributed by atoms with Crippen LogP contribution in [0.5, 0.6) is 0 Å². The summed E-state index contributed by atoms with van der Waals surface area (Å²) in [6.07, 6.45) is 6.14. The molecule has 1 unspecified atom stereocenters. The van der Waals surface area contributed by atoms with Crippen LogP contribution < -0.4 is 5.73 Å². The Kier molecular flexibility index (Phi) is 4.59. The van der Waals surface area contributed by atoms with Gasteiger partial charge in [-0.3, -0.25) is 4.68 Å². The zero-order chi connectivity index (χ0) is 13.9. The summed E-state index contributed by atoms with van der Waals surface area (Å²) < 4.78 is 28.0. The molecule has 7 heteroatoms. The molecule has 0 saturated carbocycles. The van der Waals surface area contributed by atoms with Crippen LogP contribution in [-0.2, 0) is 16.6 Å². The van der Waals surface area contributed by atoms with Gasteiger partial charge >= 0.3 is 0 Å². The number of sulfonamides is 1. The van der Waals surface area contributed by atoms with E-state index in [-0.39, 0.29) is 4.90 Å². The van der Waals surface area contributed by atoms with E-state index in [4.69, 9.17) is 5.73 Å². The van der Waals surface area contributed by atoms with Crippen molar-refractivity contribution >= 4 is 10.0 Å². The highest BCUT2D eigenvalue weighted by Crippen LogP contribution is 2.26. The van der Waals surface area contributed by atoms with Crippen molar-refractivity contribution in [2.75, 3.05) is 19.6 Å². The number of hydrogen-bond acceptors (Lipinski definition) is 4. The van der Waals surface area contributed by atoms with E-state index in [1.807, 2.05) is 0 Å². The summed E-state index contributed by atoms with van der Waals surface area (Å²) in [5.74, 6) is 0.499. The molecular formula is C12H22N4O2S. The number of aromatic nitrogens is 2. The topological polar surface area (TPSA) is 81.2 Å². The minimum atomic E-state index is -3.38. The fourth-order valence-electron chi connectivity index (χ4n) is 2.54. The van der Waals surface area contributed by atoms with E-state index in [2.05, 4.69) is 12.0 Å². The maximum Gasteiger partial charge on any atom is 0.246 e. The molecule has 0 bridgehead atoms. The Labute approximate surface area is 114 Å². The highest BCUT2D eigenvalue weighted by molar-refractivity contribution is 7.89. The largest absolute Gasteiger partial charge is 0.329 e. The van der Waals surface area contributed by atoms with Gasteiger partial charge in [-0.05, 0) is 18.8 Å². The molecule has 1 aromatic heterocycles. The lowest BCUT2D eigenvalue weighted by molar-refractivity contribution is 0.444. The van der Waals surface area contributed by atoms with Crippen molar-refractivity contribution in [1.29, 1.82) is 0 Å². The van der Waals surface area contributed by atoms with Gasteiger partial charge in [0.25, 0.3) is 0 Å². The van der Waals surface area contributed by atoms with Crippen molar-refractivity contribution in [3.05, 3.63) is 12.4 Å². The van der Waals surface area contributed by atoms with Gasteiger partial charge < -0.3 is 5.73 Å². The first kappa shape index (κ1) is 14.5. The highest BCUT2D eigenvalue weighted by Gasteiger charge is 2.32. The Hall–Kier alpha value is -0.920. The lowest BCUT2D eigenvalue weighted by Gasteiger charge is -2.15. The Morgan fingerprint density at radius 1 is 1.53 bits per heavy atom. The summed E-state index contributed by atoms with van der Waals surface area (Å²) >= 11 is 0. The molecule has 19 heavy (non-hydrogen) atoms. The number of nitrogens with zero attached hydrogens (tertiary/aromatic N) is 3. The van der Waals surface area contributed by atoms with E-state index in [9.17, 15) is 8.42 Å². The molecule has 1 aliphatic heterocycles. The first-order valence-corrected chi connectivity index (χ1v) is 8.24. The molecule has 0 spiro atoms. The zero-order valence-corrected chi connectivity index (χ0v) is 12.1. The third-order valence-electron chi connectivity index (χ3n) is 3.55. The van der Waals surface area contributed by atoms with Crippen molar-refractivity contribution in [1.82, 2.24) is 14.1 Å². The van der Waals surface area contributed by atoms with Crippen molar-refractivity contribution < 1.29 is 8.42 Å². The summed E-state index contributed by atoms with van der Waals surface area (Å²) in [5.41, 5.74) is 5.43. The second kappa shape index (κ2) is 6.02. The van der Waals surface area contributed by atoms with Crippen molar-refractivity contribution in [3.8, 4) is 0 Å². The van der Waals surface area contributed by atoms with Gasteiger partial charge in [0.05, 0.1) is 12.7 Å². The summed E-state index contributed by atoms with van der Waals surface area (Å²) in [6.45, 7) is 4.37. The quantitative estimate of drug-likeness (QED) is 0.832. The first-order chi connectivity index (χ1) is 9.07. The average molecular weight is 286 g/mol. The van der Waals surface area contributed by atoms with E-state index in [0.29, 0.717) is 32.1 Å². The fourth-order valence-corrected chi connectivity index (χ4v) is 4.03. The molecule has 1 aromatic rings. The van der Waals surface area contributed by atoms with Gasteiger partial charge in [0, 0.05) is 25.8 Å². The predicted octanol–water partition coefficient (Wildman–Crippen LogP) is 0.653. The number of nitrogens with two attached hydrogens (primary N) is 1. The molecule has 0 amide bonds. The highest BCUT2D eigenvalue weighted by atomic mass is 32.2. The molecule has 0 aliphatic carbocycles. The molecule has 0 aromatic carbocycles. The van der Waals surface area contributed by atoms with Gasteiger partial charge in [-0.2, -0.15) is 9.40 Å². The third-order valence-corrected chi connectivity index (χ3v) is 5.37. The molecule has 0 radical (unpaired) electrons. The summed E-state index contributed by atoms with van der Waals surface area (Å²) in [6, 6.07) is 0. The fraction of sp³-hybridized carbons (Fsp3) is 0.750. The van der Waals surface area contributed by atoms with Gasteiger partial charge in [0.2, 0.25) is 10.0 Å². The monoisotopic (exact) mass is 286 g/mol. The maximum absolute atomic E-state index is 12.4. The molecular weight excluding hydrogens is 264 g/mol. The molecule has 1 atom stereocenters. The summed E-state index contributed by atoms with van der Waals surface area (Å²) in [4.78, 5) is 0.276. The smallest absolute Gasteiger partial charge is 0.246 e. The van der Waals surface area contributed by atoms with E-state index < -0.39 is 10.0 Å². The molecule has 6 nitrogen and oxygen atoms in total. The van der Waals surface area contributed by atoms with Crippen molar-refractivity contribution in [2.45, 2.75) is 37.6 Å². The van der Waals surface area contributed by atoms with Crippen LogP contribution >= 0.6 is 0 Å². The zero-order valence-electron chi connectivity index (χ0n) is 11.3. The third kappa shape index (κ3) is 3.16. The molecule has 2 rings (SSSR count). The standard InChI is InChI=1S/C12H22N4O2S/c1-2-3-11-4-6-16(9-11)19(17,18)12-8-14-15(10-12)7-5-13/h8,10-11H,2-7,9,13H2,1H3. The van der Waals surface area contributed by atoms with Crippen LogP contribution in [0.4, 0.5) is 0 Å². The van der Waals surface area contributed by atoms with Crippen LogP contribution in [0.2, 0.25) is 0 Å². The predicted molar refractivity (Wildman–Crippen MR) is 73.1 cm³/mol. The molecule has 1 fully saturated rings. The second-order valence-electron chi connectivity index (χ2n) is 5.03. The van der Waals surface area contributed by atoms with Gasteiger partial charge in [0.15, 0.2) is 0 Å². The van der Waals surface area contributed by atoms with Gasteiger partial charge in [-0.15, -0.1) is 0 Å². The van der Waals surface area contributed by atoms with Gasteiger partial charge in [0.1, 0.15) is 4.90 Å². The minimum absolute atomic E-state index is 0.276. The Balaban J connectivity index is 2.09. The molecule has 108 valence electrons. The summed E-state index contributed by atoms with van der Waals surface area (Å²) in [5, 5.41) is 4.03. The number of hydrogen-bond donors (Lipinski definition) is 1. The SMILES string of the molecule is CCCC1CCN(S(=O)(=O)c2cnn(CCN)c2)C1. The first-order valence-electron chi connectivity index (χ1n) is 6.80. The van der Waals surface area contributed by atoms with Crippen molar-refractivity contribution in [3.63, 3.8) is 0 Å². The summed E-state index contributed by atoms with van der Waals surface area (Å²) in [7, 11) is -3.38. The van der Waals surface area contributed by atoms with Crippen molar-refractivity contribution in [2.24, 2.45) is 11.7 Å². The molecule has 2 N–H and O–H groups in total. The maximum atomic E-state index is 12.4. The van der Waals surface area contributed by atoms with Crippen LogP contribution in [-0.4, -0.2) is 42.1 Å². The van der Waals surface area contributed by atoms with Gasteiger partial charge in [-0.1, -0.05) is 13.3 Å². The molecule has 1 aliphatic rings. The molecule has 2 heterocycles. The second-order valence-corrected chi connectivity index (χ2v) is 6.97. The molecule has 1 saturated heterocycles.